The summed E-state index contributed by atoms with van der Waals surface area (Å²) in [5.41, 5.74) is 2.47. The maximum Gasteiger partial charge on any atom is 0.250 e. The van der Waals surface area contributed by atoms with Crippen molar-refractivity contribution in [1.82, 2.24) is 4.98 Å². The van der Waals surface area contributed by atoms with Gasteiger partial charge in [-0.1, -0.05) is 25.5 Å². The van der Waals surface area contributed by atoms with Gasteiger partial charge in [-0.3, -0.25) is 10.1 Å². The van der Waals surface area contributed by atoms with Gasteiger partial charge in [0, 0.05) is 16.5 Å². The highest BCUT2D eigenvalue weighted by atomic mass is 32.1. The van der Waals surface area contributed by atoms with E-state index in [0.29, 0.717) is 11.7 Å². The summed E-state index contributed by atoms with van der Waals surface area (Å²) in [6, 6.07) is 13.8. The van der Waals surface area contributed by atoms with E-state index < -0.39 is 0 Å². The van der Waals surface area contributed by atoms with E-state index in [1.54, 1.807) is 18.2 Å². The normalized spacial score (nSPS) is 11.0. The Labute approximate surface area is 174 Å². The number of hydrogen-bond acceptors (Lipinski definition) is 4. The Bertz CT molecular complexity index is 979. The van der Waals surface area contributed by atoms with Crippen LogP contribution in [0.1, 0.15) is 30.2 Å². The molecule has 4 nitrogen and oxygen atoms in total. The number of carbonyl (C=O) groups excluding carboxylic acids is 1. The Kier molecular flexibility index (Phi) is 7.14. The van der Waals surface area contributed by atoms with Gasteiger partial charge in [-0.15, -0.1) is 11.3 Å². The highest BCUT2D eigenvalue weighted by molar-refractivity contribution is 7.16. The molecule has 2 aromatic carbocycles. The zero-order valence-corrected chi connectivity index (χ0v) is 17.3. The van der Waals surface area contributed by atoms with Crippen LogP contribution in [0.25, 0.3) is 17.3 Å². The number of amides is 1. The minimum absolute atomic E-state index is 0.257. The molecule has 0 aliphatic carbocycles. The lowest BCUT2D eigenvalue weighted by molar-refractivity contribution is -0.111. The molecule has 0 bridgehead atoms. The Balaban J connectivity index is 1.59. The van der Waals surface area contributed by atoms with Gasteiger partial charge in [0.25, 0.3) is 0 Å². The molecular weight excluding hydrogens is 387 g/mol. The summed E-state index contributed by atoms with van der Waals surface area (Å²) < 4.78 is 18.7. The highest BCUT2D eigenvalue weighted by Gasteiger charge is 2.11. The summed E-state index contributed by atoms with van der Waals surface area (Å²) in [5, 5.41) is 3.29. The van der Waals surface area contributed by atoms with E-state index in [9.17, 15) is 9.18 Å². The molecule has 3 aromatic rings. The Morgan fingerprint density at radius 1 is 1.17 bits per heavy atom. The summed E-state index contributed by atoms with van der Waals surface area (Å²) in [4.78, 5) is 17.6. The monoisotopic (exact) mass is 410 g/mol. The molecule has 1 amide bonds. The van der Waals surface area contributed by atoms with Crippen LogP contribution in [-0.2, 0) is 4.79 Å². The minimum atomic E-state index is -0.291. The van der Waals surface area contributed by atoms with E-state index in [1.165, 1.54) is 29.5 Å². The first-order valence-corrected chi connectivity index (χ1v) is 10.3. The third-order valence-electron chi connectivity index (χ3n) is 4.22. The molecule has 0 radical (unpaired) electrons. The number of aryl methyl sites for hydroxylation is 1. The van der Waals surface area contributed by atoms with Crippen molar-refractivity contribution in [2.75, 3.05) is 11.9 Å². The van der Waals surface area contributed by atoms with Crippen LogP contribution in [0.2, 0.25) is 0 Å². The maximum atomic E-state index is 13.1. The third-order valence-corrected chi connectivity index (χ3v) is 5.10. The van der Waals surface area contributed by atoms with Gasteiger partial charge in [-0.05, 0) is 61.4 Å². The SMILES string of the molecule is CCCCOc1ccc(/C=C/C(=O)Nc2nc(-c3ccc(F)cc3)c(C)s2)cc1. The van der Waals surface area contributed by atoms with Crippen LogP contribution >= 0.6 is 11.3 Å². The van der Waals surface area contributed by atoms with Crippen molar-refractivity contribution in [3.05, 3.63) is 70.9 Å². The topological polar surface area (TPSA) is 51.2 Å². The average Bonchev–Trinajstić information content (AvgIpc) is 3.08. The Morgan fingerprint density at radius 3 is 2.59 bits per heavy atom. The number of hydrogen-bond donors (Lipinski definition) is 1. The van der Waals surface area contributed by atoms with Crippen molar-refractivity contribution in [2.45, 2.75) is 26.7 Å². The number of unbranched alkanes of at least 4 members (excludes halogenated alkanes) is 1. The maximum absolute atomic E-state index is 13.1. The second-order valence-electron chi connectivity index (χ2n) is 6.52. The number of thiazole rings is 1. The molecule has 3 rings (SSSR count). The van der Waals surface area contributed by atoms with E-state index in [0.717, 1.165) is 40.3 Å². The van der Waals surface area contributed by atoms with Crippen molar-refractivity contribution in [3.63, 3.8) is 0 Å². The van der Waals surface area contributed by atoms with Crippen molar-refractivity contribution in [3.8, 4) is 17.0 Å². The molecule has 0 aliphatic heterocycles. The Morgan fingerprint density at radius 2 is 1.90 bits per heavy atom. The fourth-order valence-corrected chi connectivity index (χ4v) is 3.49. The number of aromatic nitrogens is 1. The quantitative estimate of drug-likeness (QED) is 0.361. The molecule has 0 spiro atoms. The lowest BCUT2D eigenvalue weighted by Crippen LogP contribution is -2.07. The number of carbonyl (C=O) groups is 1. The molecule has 1 aromatic heterocycles. The summed E-state index contributed by atoms with van der Waals surface area (Å²) in [6.07, 6.45) is 5.34. The molecule has 0 fully saturated rings. The molecule has 29 heavy (non-hydrogen) atoms. The smallest absolute Gasteiger partial charge is 0.250 e. The molecular formula is C23H23FN2O2S. The van der Waals surface area contributed by atoms with Crippen LogP contribution in [0.3, 0.4) is 0 Å². The molecule has 6 heteroatoms. The fraction of sp³-hybridized carbons (Fsp3) is 0.217. The molecule has 0 unspecified atom stereocenters. The van der Waals surface area contributed by atoms with Gasteiger partial charge in [0.1, 0.15) is 11.6 Å². The summed E-state index contributed by atoms with van der Waals surface area (Å²) in [5.74, 6) is 0.278. The first-order valence-electron chi connectivity index (χ1n) is 9.50. The number of nitrogens with zero attached hydrogens (tertiary/aromatic N) is 1. The molecule has 150 valence electrons. The number of halogens is 1. The third kappa shape index (κ3) is 5.99. The highest BCUT2D eigenvalue weighted by Crippen LogP contribution is 2.30. The zero-order valence-electron chi connectivity index (χ0n) is 16.4. The number of nitrogens with one attached hydrogen (secondary N) is 1. The Hall–Kier alpha value is -2.99. The van der Waals surface area contributed by atoms with Crippen LogP contribution in [0.5, 0.6) is 5.75 Å². The second-order valence-corrected chi connectivity index (χ2v) is 7.73. The second kappa shape index (κ2) is 9.98. The van der Waals surface area contributed by atoms with Gasteiger partial charge in [-0.25, -0.2) is 9.37 Å². The minimum Gasteiger partial charge on any atom is -0.494 e. The van der Waals surface area contributed by atoms with Gasteiger partial charge < -0.3 is 4.74 Å². The average molecular weight is 411 g/mol. The first kappa shape index (κ1) is 20.7. The van der Waals surface area contributed by atoms with Gasteiger partial charge in [0.15, 0.2) is 5.13 Å². The standard InChI is InChI=1S/C23H23FN2O2S/c1-3-4-15-28-20-12-5-17(6-13-20)7-14-21(27)25-23-26-22(16(2)29-23)18-8-10-19(24)11-9-18/h5-14H,3-4,15H2,1-2H3,(H,25,26,27)/b14-7+. The number of benzene rings is 2. The van der Waals surface area contributed by atoms with E-state index in [2.05, 4.69) is 17.2 Å². The van der Waals surface area contributed by atoms with Gasteiger partial charge in [0.2, 0.25) is 5.91 Å². The van der Waals surface area contributed by atoms with Crippen LogP contribution < -0.4 is 10.1 Å². The van der Waals surface area contributed by atoms with Crippen LogP contribution in [0.15, 0.2) is 54.6 Å². The number of ether oxygens (including phenoxy) is 1. The first-order chi connectivity index (χ1) is 14.0. The van der Waals surface area contributed by atoms with Crippen molar-refractivity contribution < 1.29 is 13.9 Å². The van der Waals surface area contributed by atoms with E-state index in [1.807, 2.05) is 31.2 Å². The lowest BCUT2D eigenvalue weighted by Gasteiger charge is -2.05. The van der Waals surface area contributed by atoms with Crippen LogP contribution in [0.4, 0.5) is 9.52 Å². The number of anilines is 1. The fourth-order valence-electron chi connectivity index (χ4n) is 2.65. The van der Waals surface area contributed by atoms with Gasteiger partial charge in [-0.2, -0.15) is 0 Å². The van der Waals surface area contributed by atoms with Crippen molar-refractivity contribution >= 4 is 28.5 Å². The molecule has 0 aliphatic rings. The molecule has 0 saturated heterocycles. The molecule has 0 atom stereocenters. The molecule has 0 saturated carbocycles. The van der Waals surface area contributed by atoms with Crippen molar-refractivity contribution in [2.24, 2.45) is 0 Å². The molecule has 1 N–H and O–H groups in total. The van der Waals surface area contributed by atoms with E-state index >= 15 is 0 Å². The summed E-state index contributed by atoms with van der Waals surface area (Å²) in [6.45, 7) is 4.76. The zero-order chi connectivity index (χ0) is 20.6. The van der Waals surface area contributed by atoms with E-state index in [-0.39, 0.29) is 11.7 Å². The summed E-state index contributed by atoms with van der Waals surface area (Å²) >= 11 is 1.39. The van der Waals surface area contributed by atoms with Crippen LogP contribution in [-0.4, -0.2) is 17.5 Å². The predicted molar refractivity (Wildman–Crippen MR) is 117 cm³/mol. The number of rotatable bonds is 8. The predicted octanol–water partition coefficient (Wildman–Crippen LogP) is 6.09. The van der Waals surface area contributed by atoms with Crippen molar-refractivity contribution in [1.29, 1.82) is 0 Å². The lowest BCUT2D eigenvalue weighted by atomic mass is 10.1. The molecule has 1 heterocycles. The summed E-state index contributed by atoms with van der Waals surface area (Å²) in [7, 11) is 0. The van der Waals surface area contributed by atoms with Gasteiger partial charge >= 0.3 is 0 Å². The largest absolute Gasteiger partial charge is 0.494 e. The van der Waals surface area contributed by atoms with Gasteiger partial charge in [0.05, 0.1) is 12.3 Å². The van der Waals surface area contributed by atoms with Crippen LogP contribution in [0, 0.1) is 12.7 Å². The van der Waals surface area contributed by atoms with E-state index in [4.69, 9.17) is 4.74 Å².